The summed E-state index contributed by atoms with van der Waals surface area (Å²) in [5.74, 6) is 1.01. The number of nitrogens with zero attached hydrogens (tertiary/aromatic N) is 1. The third kappa shape index (κ3) is 3.98. The lowest BCUT2D eigenvalue weighted by atomic mass is 9.86. The normalized spacial score (nSPS) is 13.0. The van der Waals surface area contributed by atoms with E-state index in [9.17, 15) is 0 Å². The molecule has 2 heterocycles. The zero-order chi connectivity index (χ0) is 29.8. The molecule has 0 saturated carbocycles. The van der Waals surface area contributed by atoms with Crippen molar-refractivity contribution in [2.24, 2.45) is 0 Å². The minimum atomic E-state index is 0.134. The van der Waals surface area contributed by atoms with Crippen LogP contribution in [0.1, 0.15) is 77.0 Å². The van der Waals surface area contributed by atoms with Crippen LogP contribution in [-0.2, 0) is 5.41 Å². The summed E-state index contributed by atoms with van der Waals surface area (Å²) in [5.41, 5.74) is 10.7. The van der Waals surface area contributed by atoms with Crippen LogP contribution in [0.15, 0.2) is 97.1 Å². The molecule has 212 valence electrons. The lowest BCUT2D eigenvalue weighted by Crippen LogP contribution is -2.10. The summed E-state index contributed by atoms with van der Waals surface area (Å²) in [7, 11) is 0. The molecule has 0 aliphatic carbocycles. The number of aromatic nitrogens is 1. The van der Waals surface area contributed by atoms with Gasteiger partial charge in [-0.25, -0.2) is 0 Å². The van der Waals surface area contributed by atoms with Crippen molar-refractivity contribution >= 4 is 59.6 Å². The van der Waals surface area contributed by atoms with E-state index in [0.29, 0.717) is 11.8 Å². The Hall–Kier alpha value is -4.36. The lowest BCUT2D eigenvalue weighted by molar-refractivity contribution is 0.590. The van der Waals surface area contributed by atoms with Gasteiger partial charge >= 0.3 is 0 Å². The minimum Gasteiger partial charge on any atom is -0.308 e. The van der Waals surface area contributed by atoms with E-state index in [-0.39, 0.29) is 5.41 Å². The minimum absolute atomic E-state index is 0.134. The smallest absolute Gasteiger partial charge is 0.0620 e. The summed E-state index contributed by atoms with van der Waals surface area (Å²) in [6.07, 6.45) is 0. The number of rotatable bonds is 3. The standard InChI is InChI=1S/C42H39N/c1-24(2)27-8-10-29-22-39-35(18-31(29)16-27)37-20-33(26-12-14-34(15-13-26)42(5,6)7)21-38-36-19-32-17-28(25(3)4)9-11-30(32)23-40(36)43(39)41(37)38/h8-25H,1-7H3. The molecule has 0 N–H and O–H groups in total. The molecule has 0 fully saturated rings. The van der Waals surface area contributed by atoms with Crippen LogP contribution >= 0.6 is 0 Å². The van der Waals surface area contributed by atoms with Crippen molar-refractivity contribution in [2.75, 3.05) is 0 Å². The fraction of sp³-hybridized carbons (Fsp3) is 0.238. The zero-order valence-electron chi connectivity index (χ0n) is 26.3. The predicted octanol–water partition coefficient (Wildman–Crippen LogP) is 12.4. The summed E-state index contributed by atoms with van der Waals surface area (Å²) >= 11 is 0. The Morgan fingerprint density at radius 2 is 0.953 bits per heavy atom. The first-order chi connectivity index (χ1) is 20.6. The Labute approximate surface area is 254 Å². The molecule has 1 nitrogen and oxygen atoms in total. The number of benzene rings is 6. The van der Waals surface area contributed by atoms with Gasteiger partial charge in [0.1, 0.15) is 0 Å². The van der Waals surface area contributed by atoms with E-state index in [1.165, 1.54) is 87.5 Å². The van der Waals surface area contributed by atoms with Crippen molar-refractivity contribution in [3.05, 3.63) is 114 Å². The predicted molar refractivity (Wildman–Crippen MR) is 188 cm³/mol. The molecule has 8 aromatic rings. The van der Waals surface area contributed by atoms with Crippen molar-refractivity contribution in [2.45, 2.75) is 65.7 Å². The Balaban J connectivity index is 1.50. The van der Waals surface area contributed by atoms with Gasteiger partial charge in [0, 0.05) is 21.5 Å². The molecule has 0 aliphatic rings. The highest BCUT2D eigenvalue weighted by molar-refractivity contribution is 6.27. The average Bonchev–Trinajstić information content (AvgIpc) is 3.48. The van der Waals surface area contributed by atoms with Crippen molar-refractivity contribution in [3.63, 3.8) is 0 Å². The summed E-state index contributed by atoms with van der Waals surface area (Å²) < 4.78 is 2.54. The largest absolute Gasteiger partial charge is 0.308 e. The van der Waals surface area contributed by atoms with Crippen LogP contribution in [0.25, 0.3) is 70.8 Å². The molecular formula is C42H39N. The first-order valence-corrected chi connectivity index (χ1v) is 15.8. The highest BCUT2D eigenvalue weighted by Crippen LogP contribution is 2.44. The molecule has 8 rings (SSSR count). The fourth-order valence-electron chi connectivity index (χ4n) is 7.11. The highest BCUT2D eigenvalue weighted by Gasteiger charge is 2.21. The molecule has 2 aromatic heterocycles. The van der Waals surface area contributed by atoms with Crippen molar-refractivity contribution in [1.82, 2.24) is 4.40 Å². The molecular weight excluding hydrogens is 518 g/mol. The van der Waals surface area contributed by atoms with Crippen LogP contribution in [0.4, 0.5) is 0 Å². The van der Waals surface area contributed by atoms with Gasteiger partial charge in [-0.3, -0.25) is 0 Å². The van der Waals surface area contributed by atoms with Crippen LogP contribution in [-0.4, -0.2) is 4.40 Å². The Morgan fingerprint density at radius 3 is 1.40 bits per heavy atom. The molecule has 43 heavy (non-hydrogen) atoms. The monoisotopic (exact) mass is 557 g/mol. The van der Waals surface area contributed by atoms with Gasteiger partial charge in [-0.05, 0) is 103 Å². The summed E-state index contributed by atoms with van der Waals surface area (Å²) in [6.45, 7) is 16.0. The molecule has 0 bridgehead atoms. The molecule has 6 aromatic carbocycles. The van der Waals surface area contributed by atoms with Crippen molar-refractivity contribution in [3.8, 4) is 11.1 Å². The SMILES string of the molecule is CC(C)c1ccc2cc3c(cc2c1)c1cc(-c2ccc(C(C)(C)C)cc2)cc2c4cc5cc(C(C)C)ccc5cc4n3c12. The molecule has 0 atom stereocenters. The first-order valence-electron chi connectivity index (χ1n) is 15.8. The van der Waals surface area contributed by atoms with Gasteiger partial charge in [0.05, 0.1) is 16.6 Å². The van der Waals surface area contributed by atoms with E-state index < -0.39 is 0 Å². The summed E-state index contributed by atoms with van der Waals surface area (Å²) in [5, 5.41) is 10.6. The van der Waals surface area contributed by atoms with Gasteiger partial charge in [0.25, 0.3) is 0 Å². The van der Waals surface area contributed by atoms with Gasteiger partial charge < -0.3 is 4.40 Å². The van der Waals surface area contributed by atoms with Crippen molar-refractivity contribution < 1.29 is 0 Å². The maximum absolute atomic E-state index is 2.54. The first kappa shape index (κ1) is 26.3. The van der Waals surface area contributed by atoms with E-state index in [0.717, 1.165) is 0 Å². The molecule has 0 amide bonds. The number of hydrogen-bond acceptors (Lipinski definition) is 0. The van der Waals surface area contributed by atoms with E-state index >= 15 is 0 Å². The van der Waals surface area contributed by atoms with Crippen LogP contribution in [0.2, 0.25) is 0 Å². The van der Waals surface area contributed by atoms with E-state index in [2.05, 4.69) is 150 Å². The van der Waals surface area contributed by atoms with E-state index in [1.807, 2.05) is 0 Å². The quantitative estimate of drug-likeness (QED) is 0.203. The fourth-order valence-corrected chi connectivity index (χ4v) is 7.11. The van der Waals surface area contributed by atoms with Gasteiger partial charge in [0.15, 0.2) is 0 Å². The van der Waals surface area contributed by atoms with Gasteiger partial charge in [-0.15, -0.1) is 0 Å². The third-order valence-corrected chi connectivity index (χ3v) is 9.77. The van der Waals surface area contributed by atoms with Gasteiger partial charge in [-0.2, -0.15) is 0 Å². The summed E-state index contributed by atoms with van der Waals surface area (Å²) in [4.78, 5) is 0. The topological polar surface area (TPSA) is 4.41 Å². The van der Waals surface area contributed by atoms with Crippen molar-refractivity contribution in [1.29, 1.82) is 0 Å². The van der Waals surface area contributed by atoms with E-state index in [4.69, 9.17) is 0 Å². The molecule has 0 aliphatic heterocycles. The molecule has 0 saturated heterocycles. The van der Waals surface area contributed by atoms with Crippen LogP contribution < -0.4 is 0 Å². The van der Waals surface area contributed by atoms with Gasteiger partial charge in [0.2, 0.25) is 0 Å². The van der Waals surface area contributed by atoms with Gasteiger partial charge in [-0.1, -0.05) is 109 Å². The molecule has 1 heteroatoms. The third-order valence-electron chi connectivity index (χ3n) is 9.77. The number of fused-ring (bicyclic) bond motifs is 8. The average molecular weight is 558 g/mol. The number of hydrogen-bond donors (Lipinski definition) is 0. The van der Waals surface area contributed by atoms with Crippen LogP contribution in [0, 0.1) is 0 Å². The molecule has 0 radical (unpaired) electrons. The van der Waals surface area contributed by atoms with Crippen LogP contribution in [0.5, 0.6) is 0 Å². The second-order valence-electron chi connectivity index (χ2n) is 14.3. The lowest BCUT2D eigenvalue weighted by Gasteiger charge is -2.19. The molecule has 0 spiro atoms. The Bertz CT molecular complexity index is 2220. The highest BCUT2D eigenvalue weighted by atomic mass is 14.9. The molecule has 0 unspecified atom stereocenters. The Morgan fingerprint density at radius 1 is 0.465 bits per heavy atom. The maximum atomic E-state index is 2.54. The Kier molecular flexibility index (Phi) is 5.54. The van der Waals surface area contributed by atoms with E-state index in [1.54, 1.807) is 0 Å². The zero-order valence-corrected chi connectivity index (χ0v) is 26.3. The maximum Gasteiger partial charge on any atom is 0.0620 e. The second-order valence-corrected chi connectivity index (χ2v) is 14.3. The second kappa shape index (κ2) is 9.07. The van der Waals surface area contributed by atoms with Crippen LogP contribution in [0.3, 0.4) is 0 Å². The summed E-state index contributed by atoms with van der Waals surface area (Å²) in [6, 6.07) is 37.8.